The van der Waals surface area contributed by atoms with Gasteiger partial charge < -0.3 is 15.0 Å². The Kier molecular flexibility index (Phi) is 6.76. The number of nitrogens with zero attached hydrogens (tertiary/aromatic N) is 1. The van der Waals surface area contributed by atoms with Gasteiger partial charge in [-0.3, -0.25) is 9.59 Å². The van der Waals surface area contributed by atoms with Crippen molar-refractivity contribution in [1.82, 2.24) is 4.90 Å². The highest BCUT2D eigenvalue weighted by Gasteiger charge is 2.22. The molecule has 5 nitrogen and oxygen atoms in total. The van der Waals surface area contributed by atoms with Crippen LogP contribution in [0, 0.1) is 5.82 Å². The van der Waals surface area contributed by atoms with Gasteiger partial charge in [0.2, 0.25) is 5.91 Å². The van der Waals surface area contributed by atoms with Crippen LogP contribution in [-0.2, 0) is 16.0 Å². The number of hydrogen-bond acceptors (Lipinski definition) is 3. The first-order valence-electron chi connectivity index (χ1n) is 9.57. The minimum Gasteiger partial charge on any atom is -0.375 e. The average molecular weight is 384 g/mol. The van der Waals surface area contributed by atoms with E-state index in [0.29, 0.717) is 55.8 Å². The summed E-state index contributed by atoms with van der Waals surface area (Å²) in [5.74, 6) is -0.395. The average Bonchev–Trinajstić information content (AvgIpc) is 2.69. The molecule has 0 aromatic heterocycles. The second kappa shape index (κ2) is 9.46. The quantitative estimate of drug-likeness (QED) is 0.827. The molecule has 0 radical (unpaired) electrons. The highest BCUT2D eigenvalue weighted by atomic mass is 19.1. The first kappa shape index (κ1) is 20.0. The third kappa shape index (κ3) is 5.39. The summed E-state index contributed by atoms with van der Waals surface area (Å²) in [6.07, 6.45) is 1.44. The maximum Gasteiger partial charge on any atom is 0.254 e. The van der Waals surface area contributed by atoms with Gasteiger partial charge in [0.1, 0.15) is 5.82 Å². The van der Waals surface area contributed by atoms with Crippen molar-refractivity contribution < 1.29 is 18.7 Å². The highest BCUT2D eigenvalue weighted by molar-refractivity contribution is 5.95. The van der Waals surface area contributed by atoms with Crippen molar-refractivity contribution in [2.24, 2.45) is 0 Å². The Bertz CT molecular complexity index is 823. The third-order valence-electron chi connectivity index (χ3n) is 4.75. The molecule has 0 saturated carbocycles. The zero-order chi connectivity index (χ0) is 19.9. The summed E-state index contributed by atoms with van der Waals surface area (Å²) in [5, 5.41) is 2.82. The van der Waals surface area contributed by atoms with Gasteiger partial charge in [-0.05, 0) is 55.7 Å². The minimum atomic E-state index is -0.238. The minimum absolute atomic E-state index is 0.0297. The number of rotatable bonds is 6. The maximum atomic E-state index is 13.6. The Labute approximate surface area is 164 Å². The van der Waals surface area contributed by atoms with Gasteiger partial charge in [-0.15, -0.1) is 0 Å². The van der Waals surface area contributed by atoms with E-state index in [1.807, 2.05) is 6.92 Å². The lowest BCUT2D eigenvalue weighted by Gasteiger charge is -2.31. The predicted octanol–water partition coefficient (Wildman–Crippen LogP) is 3.65. The van der Waals surface area contributed by atoms with Crippen molar-refractivity contribution >= 4 is 17.5 Å². The number of anilines is 1. The van der Waals surface area contributed by atoms with Gasteiger partial charge in [0.25, 0.3) is 5.91 Å². The number of benzene rings is 2. The lowest BCUT2D eigenvalue weighted by atomic mass is 10.1. The molecule has 148 valence electrons. The van der Waals surface area contributed by atoms with Crippen molar-refractivity contribution in [2.45, 2.75) is 32.3 Å². The Balaban J connectivity index is 1.47. The summed E-state index contributed by atoms with van der Waals surface area (Å²) in [6.45, 7) is 3.67. The van der Waals surface area contributed by atoms with Crippen LogP contribution in [0.2, 0.25) is 0 Å². The normalized spacial score (nSPS) is 16.6. The van der Waals surface area contributed by atoms with E-state index in [4.69, 9.17) is 4.74 Å². The van der Waals surface area contributed by atoms with Crippen LogP contribution >= 0.6 is 0 Å². The Morgan fingerprint density at radius 2 is 1.93 bits per heavy atom. The lowest BCUT2D eigenvalue weighted by molar-refractivity contribution is -0.116. The summed E-state index contributed by atoms with van der Waals surface area (Å²) >= 11 is 0. The van der Waals surface area contributed by atoms with E-state index in [2.05, 4.69) is 5.32 Å². The maximum absolute atomic E-state index is 13.6. The van der Waals surface area contributed by atoms with Crippen LogP contribution in [-0.4, -0.2) is 42.5 Å². The molecule has 2 aromatic carbocycles. The summed E-state index contributed by atoms with van der Waals surface area (Å²) < 4.78 is 19.0. The van der Waals surface area contributed by atoms with Gasteiger partial charge >= 0.3 is 0 Å². The molecule has 3 rings (SSSR count). The molecule has 1 fully saturated rings. The Morgan fingerprint density at radius 1 is 1.18 bits per heavy atom. The molecule has 1 saturated heterocycles. The predicted molar refractivity (Wildman–Crippen MR) is 106 cm³/mol. The molecule has 6 heteroatoms. The number of aryl methyl sites for hydroxylation is 1. The third-order valence-corrected chi connectivity index (χ3v) is 4.75. The number of morpholine rings is 1. The molecule has 1 atom stereocenters. The number of hydrogen-bond donors (Lipinski definition) is 1. The molecule has 1 aliphatic heterocycles. The highest BCUT2D eigenvalue weighted by Crippen LogP contribution is 2.15. The molecule has 1 unspecified atom stereocenters. The van der Waals surface area contributed by atoms with E-state index >= 15 is 0 Å². The van der Waals surface area contributed by atoms with Gasteiger partial charge in [-0.2, -0.15) is 0 Å². The van der Waals surface area contributed by atoms with E-state index in [1.165, 1.54) is 6.07 Å². The molecule has 0 spiro atoms. The zero-order valence-electron chi connectivity index (χ0n) is 16.0. The molecule has 0 aliphatic carbocycles. The van der Waals surface area contributed by atoms with Gasteiger partial charge in [-0.1, -0.05) is 18.2 Å². The summed E-state index contributed by atoms with van der Waals surface area (Å²) in [6, 6.07) is 13.5. The van der Waals surface area contributed by atoms with Crippen molar-refractivity contribution in [2.75, 3.05) is 25.0 Å². The van der Waals surface area contributed by atoms with E-state index < -0.39 is 0 Å². The number of nitrogens with one attached hydrogen (secondary N) is 1. The molecule has 28 heavy (non-hydrogen) atoms. The van der Waals surface area contributed by atoms with Crippen molar-refractivity contribution in [3.05, 3.63) is 65.5 Å². The number of halogens is 1. The molecule has 1 N–H and O–H groups in total. The van der Waals surface area contributed by atoms with Crippen LogP contribution in [0.1, 0.15) is 35.7 Å². The molecular formula is C22H25FN2O3. The van der Waals surface area contributed by atoms with Crippen molar-refractivity contribution in [3.63, 3.8) is 0 Å². The molecule has 0 bridgehead atoms. The first-order chi connectivity index (χ1) is 13.5. The zero-order valence-corrected chi connectivity index (χ0v) is 16.0. The largest absolute Gasteiger partial charge is 0.375 e. The fourth-order valence-corrected chi connectivity index (χ4v) is 3.25. The van der Waals surface area contributed by atoms with E-state index in [-0.39, 0.29) is 23.7 Å². The summed E-state index contributed by atoms with van der Waals surface area (Å²) in [7, 11) is 0. The van der Waals surface area contributed by atoms with Gasteiger partial charge in [-0.25, -0.2) is 4.39 Å². The fraction of sp³-hybridized carbons (Fsp3) is 0.364. The number of amides is 2. The van der Waals surface area contributed by atoms with Crippen LogP contribution in [0.5, 0.6) is 0 Å². The molecule has 2 aromatic rings. The second-order valence-electron chi connectivity index (χ2n) is 7.00. The lowest BCUT2D eigenvalue weighted by Crippen LogP contribution is -2.44. The molecular weight excluding hydrogens is 359 g/mol. The Morgan fingerprint density at radius 3 is 2.64 bits per heavy atom. The molecule has 1 heterocycles. The van der Waals surface area contributed by atoms with Crippen LogP contribution in [0.4, 0.5) is 10.1 Å². The number of ether oxygens (including phenoxy) is 1. The van der Waals surface area contributed by atoms with E-state index in [1.54, 1.807) is 47.4 Å². The van der Waals surface area contributed by atoms with E-state index in [0.717, 1.165) is 0 Å². The topological polar surface area (TPSA) is 58.6 Å². The SMILES string of the molecule is CC1CN(C(=O)c2ccc(NC(=O)CCCc3ccccc3F)cc2)CCO1. The number of carbonyl (C=O) groups is 2. The van der Waals surface area contributed by atoms with Crippen LogP contribution < -0.4 is 5.32 Å². The van der Waals surface area contributed by atoms with Crippen molar-refractivity contribution in [3.8, 4) is 0 Å². The Hall–Kier alpha value is -2.73. The number of carbonyl (C=O) groups excluding carboxylic acids is 2. The van der Waals surface area contributed by atoms with Gasteiger partial charge in [0, 0.05) is 30.8 Å². The van der Waals surface area contributed by atoms with Gasteiger partial charge in [0.05, 0.1) is 12.7 Å². The van der Waals surface area contributed by atoms with E-state index in [9.17, 15) is 14.0 Å². The van der Waals surface area contributed by atoms with Gasteiger partial charge in [0.15, 0.2) is 0 Å². The molecule has 1 aliphatic rings. The molecule has 2 amide bonds. The fourth-order valence-electron chi connectivity index (χ4n) is 3.25. The van der Waals surface area contributed by atoms with Crippen molar-refractivity contribution in [1.29, 1.82) is 0 Å². The second-order valence-corrected chi connectivity index (χ2v) is 7.00. The monoisotopic (exact) mass is 384 g/mol. The summed E-state index contributed by atoms with van der Waals surface area (Å²) in [4.78, 5) is 26.4. The van der Waals surface area contributed by atoms with Crippen LogP contribution in [0.15, 0.2) is 48.5 Å². The summed E-state index contributed by atoms with van der Waals surface area (Å²) in [5.41, 5.74) is 1.85. The smallest absolute Gasteiger partial charge is 0.254 e. The van der Waals surface area contributed by atoms with Crippen LogP contribution in [0.25, 0.3) is 0 Å². The first-order valence-corrected chi connectivity index (χ1v) is 9.57. The standard InChI is InChI=1S/C22H25FN2O3/c1-16-15-25(13-14-28-16)22(27)18-9-11-19(12-10-18)24-21(26)8-4-6-17-5-2-3-7-20(17)23/h2-3,5,7,9-12,16H,4,6,8,13-15H2,1H3,(H,24,26). The van der Waals surface area contributed by atoms with Crippen LogP contribution in [0.3, 0.4) is 0 Å².